The maximum atomic E-state index is 13.8. The van der Waals surface area contributed by atoms with Gasteiger partial charge in [0.1, 0.15) is 11.6 Å². The van der Waals surface area contributed by atoms with E-state index >= 15 is 0 Å². The van der Waals surface area contributed by atoms with Crippen LogP contribution in [0, 0.1) is 12.7 Å². The van der Waals surface area contributed by atoms with Crippen molar-refractivity contribution < 1.29 is 14.3 Å². The topological polar surface area (TPSA) is 62.2 Å². The van der Waals surface area contributed by atoms with Crippen molar-refractivity contribution in [2.24, 2.45) is 0 Å². The average Bonchev–Trinajstić information content (AvgIpc) is 2.95. The number of amides is 1. The highest BCUT2D eigenvalue weighted by atomic mass is 32.1. The monoisotopic (exact) mass is 370 g/mol. The Morgan fingerprint density at radius 3 is 2.58 bits per heavy atom. The van der Waals surface area contributed by atoms with Gasteiger partial charge in [0.05, 0.1) is 5.69 Å². The van der Waals surface area contributed by atoms with Gasteiger partial charge >= 0.3 is 0 Å². The Kier molecular flexibility index (Phi) is 5.63. The first-order valence-electron chi connectivity index (χ1n) is 8.29. The van der Waals surface area contributed by atoms with E-state index in [2.05, 4.69) is 10.3 Å². The Morgan fingerprint density at radius 1 is 1.15 bits per heavy atom. The SMILES string of the molecule is Cc1nc(NC(=O)CCc2ccccc2O)sc1Cc1ccccc1F. The number of hydrogen-bond donors (Lipinski definition) is 2. The van der Waals surface area contributed by atoms with E-state index in [0.717, 1.165) is 16.1 Å². The van der Waals surface area contributed by atoms with Gasteiger partial charge in [-0.25, -0.2) is 9.37 Å². The van der Waals surface area contributed by atoms with Crippen molar-refractivity contribution in [2.45, 2.75) is 26.2 Å². The van der Waals surface area contributed by atoms with Crippen LogP contribution in [-0.4, -0.2) is 16.0 Å². The molecule has 0 spiro atoms. The molecule has 0 aliphatic rings. The minimum absolute atomic E-state index is 0.167. The normalized spacial score (nSPS) is 10.7. The van der Waals surface area contributed by atoms with Gasteiger partial charge in [-0.2, -0.15) is 0 Å². The molecular formula is C20H19FN2O2S. The van der Waals surface area contributed by atoms with Crippen LogP contribution in [0.4, 0.5) is 9.52 Å². The second kappa shape index (κ2) is 8.10. The summed E-state index contributed by atoms with van der Waals surface area (Å²) in [7, 11) is 0. The number of thiazole rings is 1. The summed E-state index contributed by atoms with van der Waals surface area (Å²) in [5, 5.41) is 13.0. The van der Waals surface area contributed by atoms with E-state index in [4.69, 9.17) is 0 Å². The molecule has 2 aromatic carbocycles. The van der Waals surface area contributed by atoms with Crippen LogP contribution in [0.3, 0.4) is 0 Å². The van der Waals surface area contributed by atoms with E-state index < -0.39 is 0 Å². The third-order valence-electron chi connectivity index (χ3n) is 4.06. The second-order valence-electron chi connectivity index (χ2n) is 5.97. The van der Waals surface area contributed by atoms with Crippen molar-refractivity contribution in [2.75, 3.05) is 5.32 Å². The minimum Gasteiger partial charge on any atom is -0.508 e. The number of para-hydroxylation sites is 1. The average molecular weight is 370 g/mol. The van der Waals surface area contributed by atoms with Crippen molar-refractivity contribution in [3.63, 3.8) is 0 Å². The number of halogens is 1. The van der Waals surface area contributed by atoms with Gasteiger partial charge in [-0.15, -0.1) is 11.3 Å². The highest BCUT2D eigenvalue weighted by Crippen LogP contribution is 2.26. The summed E-state index contributed by atoms with van der Waals surface area (Å²) in [6.45, 7) is 1.85. The first kappa shape index (κ1) is 18.1. The summed E-state index contributed by atoms with van der Waals surface area (Å²) < 4.78 is 13.8. The number of carbonyl (C=O) groups excluding carboxylic acids is 1. The number of phenols is 1. The standard InChI is InChI=1S/C20H19FN2O2S/c1-13-18(12-15-7-2-4-8-16(15)21)26-20(22-13)23-19(25)11-10-14-6-3-5-9-17(14)24/h2-9,24H,10-12H2,1H3,(H,22,23,25). The molecule has 26 heavy (non-hydrogen) atoms. The number of nitrogens with one attached hydrogen (secondary N) is 1. The molecule has 1 amide bonds. The third kappa shape index (κ3) is 4.46. The molecule has 4 nitrogen and oxygen atoms in total. The molecule has 134 valence electrons. The van der Waals surface area contributed by atoms with Crippen LogP contribution in [0.2, 0.25) is 0 Å². The Bertz CT molecular complexity index is 924. The molecular weight excluding hydrogens is 351 g/mol. The molecule has 3 aromatic rings. The highest BCUT2D eigenvalue weighted by molar-refractivity contribution is 7.15. The smallest absolute Gasteiger partial charge is 0.226 e. The Morgan fingerprint density at radius 2 is 1.85 bits per heavy atom. The van der Waals surface area contributed by atoms with Crippen LogP contribution < -0.4 is 5.32 Å². The summed E-state index contributed by atoms with van der Waals surface area (Å²) in [6.07, 6.45) is 1.15. The fourth-order valence-corrected chi connectivity index (χ4v) is 3.61. The number of aryl methyl sites for hydroxylation is 2. The van der Waals surface area contributed by atoms with Gasteiger partial charge in [0.25, 0.3) is 0 Å². The van der Waals surface area contributed by atoms with Crippen molar-refractivity contribution in [3.05, 3.63) is 76.0 Å². The number of anilines is 1. The molecule has 0 atom stereocenters. The fraction of sp³-hybridized carbons (Fsp3) is 0.200. The number of benzene rings is 2. The lowest BCUT2D eigenvalue weighted by Gasteiger charge is -2.04. The van der Waals surface area contributed by atoms with Crippen molar-refractivity contribution in [3.8, 4) is 5.75 Å². The summed E-state index contributed by atoms with van der Waals surface area (Å²) in [5.41, 5.74) is 2.13. The highest BCUT2D eigenvalue weighted by Gasteiger charge is 2.13. The quantitative estimate of drug-likeness (QED) is 0.673. The first-order chi connectivity index (χ1) is 12.5. The number of aromatic hydroxyl groups is 1. The molecule has 0 bridgehead atoms. The summed E-state index contributed by atoms with van der Waals surface area (Å²) >= 11 is 1.36. The largest absolute Gasteiger partial charge is 0.508 e. The van der Waals surface area contributed by atoms with E-state index in [1.807, 2.05) is 13.0 Å². The third-order valence-corrected chi connectivity index (χ3v) is 5.13. The Hall–Kier alpha value is -2.73. The molecule has 2 N–H and O–H groups in total. The predicted molar refractivity (Wildman–Crippen MR) is 101 cm³/mol. The van der Waals surface area contributed by atoms with Gasteiger partial charge in [-0.05, 0) is 36.6 Å². The van der Waals surface area contributed by atoms with E-state index in [-0.39, 0.29) is 23.9 Å². The predicted octanol–water partition coefficient (Wildman–Crippen LogP) is 4.46. The number of rotatable bonds is 6. The number of carbonyl (C=O) groups is 1. The van der Waals surface area contributed by atoms with Gasteiger partial charge in [0.15, 0.2) is 5.13 Å². The summed E-state index contributed by atoms with van der Waals surface area (Å²) in [6, 6.07) is 13.6. The van der Waals surface area contributed by atoms with Gasteiger partial charge in [-0.1, -0.05) is 36.4 Å². The Balaban J connectivity index is 1.61. The second-order valence-corrected chi connectivity index (χ2v) is 7.06. The molecule has 1 heterocycles. The Labute approximate surface area is 155 Å². The maximum Gasteiger partial charge on any atom is 0.226 e. The number of hydrogen-bond acceptors (Lipinski definition) is 4. The molecule has 0 aliphatic heterocycles. The molecule has 0 unspecified atom stereocenters. The lowest BCUT2D eigenvalue weighted by molar-refractivity contribution is -0.116. The van der Waals surface area contributed by atoms with Crippen LogP contribution in [0.5, 0.6) is 5.75 Å². The number of aromatic nitrogens is 1. The van der Waals surface area contributed by atoms with Gasteiger partial charge in [0, 0.05) is 17.7 Å². The van der Waals surface area contributed by atoms with Crippen LogP contribution in [0.1, 0.15) is 28.1 Å². The lowest BCUT2D eigenvalue weighted by atomic mass is 10.1. The fourth-order valence-electron chi connectivity index (χ4n) is 2.61. The molecule has 1 aromatic heterocycles. The van der Waals surface area contributed by atoms with E-state index in [1.165, 1.54) is 17.4 Å². The van der Waals surface area contributed by atoms with Crippen LogP contribution in [-0.2, 0) is 17.6 Å². The summed E-state index contributed by atoms with van der Waals surface area (Å²) in [5.74, 6) is -0.217. The molecule has 0 saturated carbocycles. The van der Waals surface area contributed by atoms with Gasteiger partial charge in [-0.3, -0.25) is 4.79 Å². The first-order valence-corrected chi connectivity index (χ1v) is 9.11. The van der Waals surface area contributed by atoms with E-state index in [0.29, 0.717) is 23.5 Å². The van der Waals surface area contributed by atoms with Gasteiger partial charge < -0.3 is 10.4 Å². The maximum absolute atomic E-state index is 13.8. The molecule has 6 heteroatoms. The summed E-state index contributed by atoms with van der Waals surface area (Å²) in [4.78, 5) is 17.4. The number of phenolic OH excluding ortho intramolecular Hbond substituents is 1. The molecule has 0 saturated heterocycles. The zero-order valence-corrected chi connectivity index (χ0v) is 15.1. The molecule has 0 aliphatic carbocycles. The van der Waals surface area contributed by atoms with Crippen LogP contribution in [0.25, 0.3) is 0 Å². The van der Waals surface area contributed by atoms with Gasteiger partial charge in [0.2, 0.25) is 5.91 Å². The van der Waals surface area contributed by atoms with Crippen molar-refractivity contribution >= 4 is 22.4 Å². The molecule has 3 rings (SSSR count). The lowest BCUT2D eigenvalue weighted by Crippen LogP contribution is -2.12. The number of nitrogens with zero attached hydrogens (tertiary/aromatic N) is 1. The van der Waals surface area contributed by atoms with Crippen LogP contribution >= 0.6 is 11.3 Å². The molecule has 0 fully saturated rings. The zero-order chi connectivity index (χ0) is 18.5. The zero-order valence-electron chi connectivity index (χ0n) is 14.3. The van der Waals surface area contributed by atoms with E-state index in [9.17, 15) is 14.3 Å². The van der Waals surface area contributed by atoms with Crippen LogP contribution in [0.15, 0.2) is 48.5 Å². The van der Waals surface area contributed by atoms with Crippen molar-refractivity contribution in [1.82, 2.24) is 4.98 Å². The molecule has 0 radical (unpaired) electrons. The van der Waals surface area contributed by atoms with E-state index in [1.54, 1.807) is 36.4 Å². The minimum atomic E-state index is -0.242. The van der Waals surface area contributed by atoms with Crippen molar-refractivity contribution in [1.29, 1.82) is 0 Å².